The number of ether oxygens (including phenoxy) is 1. The van der Waals surface area contributed by atoms with Crippen LogP contribution in [0.15, 0.2) is 41.3 Å². The van der Waals surface area contributed by atoms with Crippen molar-refractivity contribution in [1.29, 1.82) is 0 Å². The molecule has 2 N–H and O–H groups in total. The Morgan fingerprint density at radius 2 is 1.86 bits per heavy atom. The molecule has 0 aliphatic heterocycles. The fourth-order valence-corrected chi connectivity index (χ4v) is 2.55. The van der Waals surface area contributed by atoms with Crippen molar-refractivity contribution in [2.45, 2.75) is 11.5 Å². The fraction of sp³-hybridized carbons (Fsp3) is 0.0769. The summed E-state index contributed by atoms with van der Waals surface area (Å²) in [6.45, 7) is -0.281. The average Bonchev–Trinajstić information content (AvgIpc) is 2.38. The van der Waals surface area contributed by atoms with Crippen LogP contribution < -0.4 is 9.88 Å². The van der Waals surface area contributed by atoms with E-state index in [0.29, 0.717) is 6.07 Å². The van der Waals surface area contributed by atoms with Gasteiger partial charge in [-0.05, 0) is 30.3 Å². The first-order chi connectivity index (χ1) is 9.77. The van der Waals surface area contributed by atoms with Gasteiger partial charge in [0.1, 0.15) is 28.9 Å². The number of benzene rings is 2. The van der Waals surface area contributed by atoms with Crippen LogP contribution in [0.2, 0.25) is 5.02 Å². The number of sulfonamides is 1. The summed E-state index contributed by atoms with van der Waals surface area (Å²) in [7, 11) is -4.04. The zero-order chi connectivity index (χ0) is 15.6. The van der Waals surface area contributed by atoms with Crippen LogP contribution in [0.5, 0.6) is 5.75 Å². The fourth-order valence-electron chi connectivity index (χ4n) is 1.62. The molecule has 21 heavy (non-hydrogen) atoms. The Morgan fingerprint density at radius 3 is 2.48 bits per heavy atom. The van der Waals surface area contributed by atoms with Gasteiger partial charge in [0.15, 0.2) is 0 Å². The van der Waals surface area contributed by atoms with Crippen molar-refractivity contribution in [3.05, 3.63) is 58.6 Å². The molecule has 8 heteroatoms. The predicted octanol–water partition coefficient (Wildman–Crippen LogP) is 2.84. The third-order valence-corrected chi connectivity index (χ3v) is 3.78. The highest BCUT2D eigenvalue weighted by molar-refractivity contribution is 7.89. The summed E-state index contributed by atoms with van der Waals surface area (Å²) < 4.78 is 54.4. The second-order valence-corrected chi connectivity index (χ2v) is 6.13. The molecule has 2 aromatic rings. The van der Waals surface area contributed by atoms with E-state index < -0.39 is 21.7 Å². The molecule has 0 bridgehead atoms. The molecular weight excluding hydrogens is 324 g/mol. The van der Waals surface area contributed by atoms with E-state index in [0.717, 1.165) is 12.1 Å². The van der Waals surface area contributed by atoms with Crippen LogP contribution in [0.3, 0.4) is 0 Å². The van der Waals surface area contributed by atoms with E-state index in [1.54, 1.807) is 0 Å². The molecule has 0 aliphatic carbocycles. The third kappa shape index (κ3) is 3.90. The first-order valence-corrected chi connectivity index (χ1v) is 7.59. The van der Waals surface area contributed by atoms with Crippen LogP contribution in [-0.2, 0) is 16.6 Å². The standard InChI is InChI=1S/C13H10ClF2NO3S/c14-9-2-4-12(13(5-9)21(17,18)19)20-7-8-1-3-10(15)6-11(8)16/h1-6H,7H2,(H2,17,18,19). The van der Waals surface area contributed by atoms with E-state index in [1.807, 2.05) is 0 Å². The molecule has 2 aromatic carbocycles. The summed E-state index contributed by atoms with van der Waals surface area (Å²) in [6, 6.07) is 6.84. The Bertz CT molecular complexity index is 781. The zero-order valence-electron chi connectivity index (χ0n) is 10.5. The number of primary sulfonamides is 1. The minimum Gasteiger partial charge on any atom is -0.487 e. The van der Waals surface area contributed by atoms with Gasteiger partial charge in [0.25, 0.3) is 0 Å². The van der Waals surface area contributed by atoms with Crippen molar-refractivity contribution in [3.8, 4) is 5.75 Å². The van der Waals surface area contributed by atoms with Gasteiger partial charge in [-0.3, -0.25) is 0 Å². The van der Waals surface area contributed by atoms with Gasteiger partial charge in [-0.1, -0.05) is 11.6 Å². The van der Waals surface area contributed by atoms with E-state index >= 15 is 0 Å². The van der Waals surface area contributed by atoms with E-state index in [2.05, 4.69) is 0 Å². The number of hydrogen-bond donors (Lipinski definition) is 1. The van der Waals surface area contributed by atoms with Crippen LogP contribution in [0.4, 0.5) is 8.78 Å². The van der Waals surface area contributed by atoms with Crippen molar-refractivity contribution >= 4 is 21.6 Å². The van der Waals surface area contributed by atoms with Gasteiger partial charge in [0.2, 0.25) is 10.0 Å². The van der Waals surface area contributed by atoms with Crippen molar-refractivity contribution in [2.75, 3.05) is 0 Å². The van der Waals surface area contributed by atoms with Crippen molar-refractivity contribution < 1.29 is 21.9 Å². The highest BCUT2D eigenvalue weighted by Gasteiger charge is 2.16. The van der Waals surface area contributed by atoms with E-state index in [-0.39, 0.29) is 27.8 Å². The van der Waals surface area contributed by atoms with Crippen molar-refractivity contribution in [2.24, 2.45) is 5.14 Å². The Kier molecular flexibility index (Phi) is 4.46. The minimum absolute atomic E-state index is 0.0642. The highest BCUT2D eigenvalue weighted by atomic mass is 35.5. The molecule has 0 atom stereocenters. The van der Waals surface area contributed by atoms with E-state index in [1.165, 1.54) is 18.2 Å². The maximum Gasteiger partial charge on any atom is 0.241 e. The van der Waals surface area contributed by atoms with Crippen molar-refractivity contribution in [1.82, 2.24) is 0 Å². The van der Waals surface area contributed by atoms with Crippen LogP contribution in [0.1, 0.15) is 5.56 Å². The summed E-state index contributed by atoms with van der Waals surface area (Å²) in [5.74, 6) is -1.57. The summed E-state index contributed by atoms with van der Waals surface area (Å²) >= 11 is 5.71. The average molecular weight is 334 g/mol. The third-order valence-electron chi connectivity index (χ3n) is 2.61. The Labute approximate surface area is 125 Å². The van der Waals surface area contributed by atoms with Gasteiger partial charge in [-0.25, -0.2) is 22.3 Å². The highest BCUT2D eigenvalue weighted by Crippen LogP contribution is 2.27. The summed E-state index contributed by atoms with van der Waals surface area (Å²) in [5, 5.41) is 5.22. The van der Waals surface area contributed by atoms with Gasteiger partial charge in [-0.2, -0.15) is 0 Å². The molecule has 0 radical (unpaired) electrons. The summed E-state index contributed by atoms with van der Waals surface area (Å²) in [5.41, 5.74) is 0.0757. The molecule has 0 amide bonds. The number of halogens is 3. The second-order valence-electron chi connectivity index (χ2n) is 4.16. The van der Waals surface area contributed by atoms with Gasteiger partial charge >= 0.3 is 0 Å². The number of hydrogen-bond acceptors (Lipinski definition) is 3. The second kappa shape index (κ2) is 5.97. The maximum absolute atomic E-state index is 13.5. The largest absolute Gasteiger partial charge is 0.487 e. The molecule has 0 fully saturated rings. The molecule has 0 saturated carbocycles. The summed E-state index contributed by atoms with van der Waals surface area (Å²) in [6.07, 6.45) is 0. The first-order valence-electron chi connectivity index (χ1n) is 5.66. The van der Waals surface area contributed by atoms with Crippen LogP contribution in [-0.4, -0.2) is 8.42 Å². The normalized spacial score (nSPS) is 11.4. The lowest BCUT2D eigenvalue weighted by molar-refractivity contribution is 0.291. The SMILES string of the molecule is NS(=O)(=O)c1cc(Cl)ccc1OCc1ccc(F)cc1F. The number of nitrogens with two attached hydrogens (primary N) is 1. The number of rotatable bonds is 4. The molecule has 0 spiro atoms. The molecule has 112 valence electrons. The molecule has 0 heterocycles. The minimum atomic E-state index is -4.04. The van der Waals surface area contributed by atoms with Crippen LogP contribution in [0, 0.1) is 11.6 Å². The Morgan fingerprint density at radius 1 is 1.14 bits per heavy atom. The lowest BCUT2D eigenvalue weighted by atomic mass is 10.2. The zero-order valence-corrected chi connectivity index (χ0v) is 12.1. The molecule has 2 rings (SSSR count). The van der Waals surface area contributed by atoms with E-state index in [9.17, 15) is 17.2 Å². The molecule has 4 nitrogen and oxygen atoms in total. The quantitative estimate of drug-likeness (QED) is 0.935. The first kappa shape index (κ1) is 15.7. The molecule has 0 aromatic heterocycles. The topological polar surface area (TPSA) is 69.4 Å². The molecule has 0 saturated heterocycles. The molecular formula is C13H10ClF2NO3S. The van der Waals surface area contributed by atoms with Gasteiger partial charge in [0.05, 0.1) is 0 Å². The Balaban J connectivity index is 2.28. The van der Waals surface area contributed by atoms with Gasteiger partial charge in [-0.15, -0.1) is 0 Å². The Hall–Kier alpha value is -1.70. The lowest BCUT2D eigenvalue weighted by Crippen LogP contribution is -2.14. The van der Waals surface area contributed by atoms with Gasteiger partial charge in [0, 0.05) is 16.7 Å². The van der Waals surface area contributed by atoms with Gasteiger partial charge < -0.3 is 4.74 Å². The van der Waals surface area contributed by atoms with Crippen LogP contribution in [0.25, 0.3) is 0 Å². The van der Waals surface area contributed by atoms with Crippen molar-refractivity contribution in [3.63, 3.8) is 0 Å². The monoisotopic (exact) mass is 333 g/mol. The lowest BCUT2D eigenvalue weighted by Gasteiger charge is -2.11. The maximum atomic E-state index is 13.5. The smallest absolute Gasteiger partial charge is 0.241 e. The van der Waals surface area contributed by atoms with E-state index in [4.69, 9.17) is 21.5 Å². The van der Waals surface area contributed by atoms with Crippen LogP contribution >= 0.6 is 11.6 Å². The molecule has 0 aliphatic rings. The molecule has 0 unspecified atom stereocenters. The summed E-state index contributed by atoms with van der Waals surface area (Å²) in [4.78, 5) is -0.308. The predicted molar refractivity (Wildman–Crippen MR) is 73.5 cm³/mol.